The lowest BCUT2D eigenvalue weighted by Crippen LogP contribution is -2.37. The molecule has 0 atom stereocenters. The van der Waals surface area contributed by atoms with Gasteiger partial charge in [0.25, 0.3) is 5.69 Å². The van der Waals surface area contributed by atoms with Crippen LogP contribution in [0.4, 0.5) is 5.69 Å². The summed E-state index contributed by atoms with van der Waals surface area (Å²) in [6, 6.07) is 1.68. The molecule has 1 aromatic carbocycles. The third kappa shape index (κ3) is 3.37. The zero-order valence-electron chi connectivity index (χ0n) is 10.3. The molecule has 0 aliphatic carbocycles. The Bertz CT molecular complexity index is 714. The topological polar surface area (TPSA) is 139 Å². The lowest BCUT2D eigenvalue weighted by Gasteiger charge is -2.25. The van der Waals surface area contributed by atoms with Gasteiger partial charge in [-0.1, -0.05) is 0 Å². The number of nitro benzene ring substituents is 1. The fourth-order valence-corrected chi connectivity index (χ4v) is 3.25. The van der Waals surface area contributed by atoms with Gasteiger partial charge >= 0.3 is 5.97 Å². The summed E-state index contributed by atoms with van der Waals surface area (Å²) in [5.74, 6) is -0.899. The van der Waals surface area contributed by atoms with Crippen LogP contribution < -0.4 is 5.14 Å². The lowest BCUT2D eigenvalue weighted by atomic mass is 10.2. The molecule has 1 aliphatic rings. The number of esters is 1. The van der Waals surface area contributed by atoms with Crippen molar-refractivity contribution in [1.29, 1.82) is 0 Å². The van der Waals surface area contributed by atoms with Crippen LogP contribution in [0.2, 0.25) is 0 Å². The maximum Gasteiger partial charge on any atom is 0.340 e. The van der Waals surface area contributed by atoms with Crippen LogP contribution >= 0.6 is 15.9 Å². The van der Waals surface area contributed by atoms with Crippen molar-refractivity contribution < 1.29 is 27.6 Å². The number of benzene rings is 1. The number of carbonyl (C=O) groups is 1. The molecule has 11 heteroatoms. The van der Waals surface area contributed by atoms with Crippen molar-refractivity contribution in [3.63, 3.8) is 0 Å². The predicted molar refractivity (Wildman–Crippen MR) is 72.2 cm³/mol. The molecule has 2 N–H and O–H groups in total. The number of nitro groups is 1. The Labute approximate surface area is 127 Å². The number of sulfonamides is 1. The Morgan fingerprint density at radius 3 is 2.52 bits per heavy atom. The molecule has 0 unspecified atom stereocenters. The van der Waals surface area contributed by atoms with Gasteiger partial charge in [0.1, 0.15) is 11.0 Å². The summed E-state index contributed by atoms with van der Waals surface area (Å²) in [5, 5.41) is 15.8. The molecule has 0 aromatic heterocycles. The Morgan fingerprint density at radius 1 is 1.48 bits per heavy atom. The molecule has 0 amide bonds. The highest BCUT2D eigenvalue weighted by Crippen LogP contribution is 2.31. The van der Waals surface area contributed by atoms with E-state index < -0.39 is 37.6 Å². The first-order valence-corrected chi connectivity index (χ1v) is 7.83. The minimum atomic E-state index is -4.25. The van der Waals surface area contributed by atoms with Crippen LogP contribution in [-0.2, 0) is 19.5 Å². The SMILES string of the molecule is NS(=O)(=O)c1cc([N+](=O)[O-])cc(C(=O)OC2COC2)c1Br. The van der Waals surface area contributed by atoms with Gasteiger partial charge in [0.2, 0.25) is 10.0 Å². The smallest absolute Gasteiger partial charge is 0.340 e. The van der Waals surface area contributed by atoms with Gasteiger partial charge in [-0.2, -0.15) is 0 Å². The third-order valence-electron chi connectivity index (χ3n) is 2.64. The Hall–Kier alpha value is -1.56. The van der Waals surface area contributed by atoms with Crippen LogP contribution in [-0.4, -0.2) is 38.6 Å². The zero-order valence-corrected chi connectivity index (χ0v) is 12.7. The van der Waals surface area contributed by atoms with E-state index in [1.807, 2.05) is 0 Å². The maximum atomic E-state index is 12.0. The second-order valence-electron chi connectivity index (χ2n) is 4.17. The number of nitrogens with two attached hydrogens (primary N) is 1. The van der Waals surface area contributed by atoms with Crippen LogP contribution in [0, 0.1) is 10.1 Å². The monoisotopic (exact) mass is 380 g/mol. The van der Waals surface area contributed by atoms with Crippen molar-refractivity contribution in [2.45, 2.75) is 11.0 Å². The van der Waals surface area contributed by atoms with Gasteiger partial charge in [-0.3, -0.25) is 10.1 Å². The first-order chi connectivity index (χ1) is 9.70. The summed E-state index contributed by atoms with van der Waals surface area (Å²) >= 11 is 2.92. The van der Waals surface area contributed by atoms with E-state index in [2.05, 4.69) is 15.9 Å². The highest BCUT2D eigenvalue weighted by Gasteiger charge is 2.29. The summed E-state index contributed by atoms with van der Waals surface area (Å²) in [6.45, 7) is 0.445. The van der Waals surface area contributed by atoms with Gasteiger partial charge in [0.15, 0.2) is 0 Å². The number of primary sulfonamides is 1. The molecule has 1 aromatic rings. The Balaban J connectivity index is 2.50. The van der Waals surface area contributed by atoms with E-state index in [0.29, 0.717) is 0 Å². The van der Waals surface area contributed by atoms with Gasteiger partial charge in [-0.15, -0.1) is 0 Å². The van der Waals surface area contributed by atoms with E-state index in [9.17, 15) is 23.3 Å². The summed E-state index contributed by atoms with van der Waals surface area (Å²) in [7, 11) is -4.25. The average Bonchev–Trinajstić information content (AvgIpc) is 2.32. The number of hydrogen-bond donors (Lipinski definition) is 1. The molecule has 1 fully saturated rings. The Kier molecular flexibility index (Phi) is 4.27. The van der Waals surface area contributed by atoms with Crippen LogP contribution in [0.3, 0.4) is 0 Å². The molecule has 1 saturated heterocycles. The van der Waals surface area contributed by atoms with E-state index in [-0.39, 0.29) is 23.2 Å². The number of carbonyl (C=O) groups excluding carboxylic acids is 1. The van der Waals surface area contributed by atoms with Crippen molar-refractivity contribution >= 4 is 37.6 Å². The lowest BCUT2D eigenvalue weighted by molar-refractivity contribution is -0.385. The van der Waals surface area contributed by atoms with Crippen molar-refractivity contribution in [3.8, 4) is 0 Å². The number of halogens is 1. The van der Waals surface area contributed by atoms with Crippen molar-refractivity contribution in [2.24, 2.45) is 5.14 Å². The highest BCUT2D eigenvalue weighted by molar-refractivity contribution is 9.10. The van der Waals surface area contributed by atoms with Gasteiger partial charge in [-0.25, -0.2) is 18.4 Å². The number of ether oxygens (including phenoxy) is 2. The van der Waals surface area contributed by atoms with Gasteiger partial charge in [0, 0.05) is 12.1 Å². The van der Waals surface area contributed by atoms with Crippen LogP contribution in [0.1, 0.15) is 10.4 Å². The van der Waals surface area contributed by atoms with Gasteiger partial charge < -0.3 is 9.47 Å². The highest BCUT2D eigenvalue weighted by atomic mass is 79.9. The molecule has 114 valence electrons. The summed E-state index contributed by atoms with van der Waals surface area (Å²) in [5.41, 5.74) is -0.876. The van der Waals surface area contributed by atoms with E-state index >= 15 is 0 Å². The fraction of sp³-hybridized carbons (Fsp3) is 0.300. The number of non-ortho nitro benzene ring substituents is 1. The Morgan fingerprint density at radius 2 is 2.10 bits per heavy atom. The molecule has 9 nitrogen and oxygen atoms in total. The molecular weight excluding hydrogens is 372 g/mol. The molecule has 2 rings (SSSR count). The van der Waals surface area contributed by atoms with E-state index in [1.165, 1.54) is 0 Å². The fourth-order valence-electron chi connectivity index (χ4n) is 1.54. The second-order valence-corrected chi connectivity index (χ2v) is 6.50. The third-order valence-corrected chi connectivity index (χ3v) is 4.69. The minimum Gasteiger partial charge on any atom is -0.454 e. The molecule has 1 heterocycles. The summed E-state index contributed by atoms with van der Waals surface area (Å²) in [6.07, 6.45) is -0.457. The van der Waals surface area contributed by atoms with E-state index in [0.717, 1.165) is 12.1 Å². The maximum absolute atomic E-state index is 12.0. The second kappa shape index (κ2) is 5.67. The van der Waals surface area contributed by atoms with E-state index in [1.54, 1.807) is 0 Å². The summed E-state index contributed by atoms with van der Waals surface area (Å²) < 4.78 is 32.5. The van der Waals surface area contributed by atoms with Crippen molar-refractivity contribution in [1.82, 2.24) is 0 Å². The largest absolute Gasteiger partial charge is 0.454 e. The van der Waals surface area contributed by atoms with Crippen LogP contribution in [0.15, 0.2) is 21.5 Å². The zero-order chi connectivity index (χ0) is 15.8. The molecule has 0 bridgehead atoms. The predicted octanol–water partition coefficient (Wildman–Crippen LogP) is 0.560. The quantitative estimate of drug-likeness (QED) is 0.457. The van der Waals surface area contributed by atoms with Crippen molar-refractivity contribution in [2.75, 3.05) is 13.2 Å². The molecule has 1 aliphatic heterocycles. The normalized spacial score (nSPS) is 15.3. The molecule has 0 radical (unpaired) electrons. The number of nitrogens with zero attached hydrogens (tertiary/aromatic N) is 1. The van der Waals surface area contributed by atoms with Crippen LogP contribution in [0.25, 0.3) is 0 Å². The minimum absolute atomic E-state index is 0.180. The summed E-state index contributed by atoms with van der Waals surface area (Å²) in [4.78, 5) is 21.4. The van der Waals surface area contributed by atoms with Gasteiger partial charge in [-0.05, 0) is 15.9 Å². The van der Waals surface area contributed by atoms with Crippen LogP contribution in [0.5, 0.6) is 0 Å². The average molecular weight is 381 g/mol. The van der Waals surface area contributed by atoms with Crippen molar-refractivity contribution in [3.05, 3.63) is 32.3 Å². The number of rotatable bonds is 4. The number of hydrogen-bond acceptors (Lipinski definition) is 7. The molecule has 0 spiro atoms. The first kappa shape index (κ1) is 15.8. The standard InChI is InChI=1S/C10H9BrN2O7S/c11-9-7(10(14)20-6-3-19-4-6)1-5(13(15)16)2-8(9)21(12,17)18/h1-2,6H,3-4H2,(H2,12,17,18). The molecular formula is C10H9BrN2O7S. The molecule has 21 heavy (non-hydrogen) atoms. The first-order valence-electron chi connectivity index (χ1n) is 5.49. The van der Waals surface area contributed by atoms with E-state index in [4.69, 9.17) is 14.6 Å². The van der Waals surface area contributed by atoms with Gasteiger partial charge in [0.05, 0.1) is 28.2 Å². The molecule has 0 saturated carbocycles.